The van der Waals surface area contributed by atoms with Gasteiger partial charge in [0, 0.05) is 18.4 Å². The lowest BCUT2D eigenvalue weighted by atomic mass is 10.2. The van der Waals surface area contributed by atoms with E-state index in [0.717, 1.165) is 23.0 Å². The molecule has 1 fully saturated rings. The molecule has 0 saturated carbocycles. The first-order valence-corrected chi connectivity index (χ1v) is 9.74. The van der Waals surface area contributed by atoms with Crippen molar-refractivity contribution in [1.82, 2.24) is 19.9 Å². The fraction of sp³-hybridized carbons (Fsp3) is 0.200. The van der Waals surface area contributed by atoms with Crippen molar-refractivity contribution in [2.24, 2.45) is 5.10 Å². The summed E-state index contributed by atoms with van der Waals surface area (Å²) < 4.78 is 6.45. The molecule has 0 spiro atoms. The van der Waals surface area contributed by atoms with Crippen LogP contribution >= 0.6 is 0 Å². The molecule has 14 heteroatoms. The number of carboxylic acids is 1. The summed E-state index contributed by atoms with van der Waals surface area (Å²) >= 11 is 0. The molecular weight excluding hydrogens is 452 g/mol. The average Bonchev–Trinajstić information content (AvgIpc) is 3.38. The van der Waals surface area contributed by atoms with Gasteiger partial charge in [-0.05, 0) is 32.0 Å². The lowest BCUT2D eigenvalue weighted by Gasteiger charge is -2.09. The van der Waals surface area contributed by atoms with Gasteiger partial charge in [-0.1, -0.05) is 0 Å². The number of imide groups is 1. The number of nitro groups is 1. The van der Waals surface area contributed by atoms with E-state index in [-0.39, 0.29) is 17.9 Å². The number of hydrazone groups is 1. The van der Waals surface area contributed by atoms with Crippen LogP contribution in [0.25, 0.3) is 11.0 Å². The lowest BCUT2D eigenvalue weighted by molar-refractivity contribution is -0.402. The fourth-order valence-corrected chi connectivity index (χ4v) is 2.91. The zero-order valence-corrected chi connectivity index (χ0v) is 17.9. The molecule has 1 saturated heterocycles. The number of carbonyl (C=O) groups is 3. The highest BCUT2D eigenvalue weighted by Gasteiger charge is 2.26. The summed E-state index contributed by atoms with van der Waals surface area (Å²) in [6, 6.07) is 5.18. The first kappa shape index (κ1) is 23.8. The zero-order valence-electron chi connectivity index (χ0n) is 17.9. The van der Waals surface area contributed by atoms with Crippen LogP contribution < -0.4 is 10.7 Å². The second-order valence-electron chi connectivity index (χ2n) is 6.88. The Morgan fingerprint density at radius 1 is 1.32 bits per heavy atom. The monoisotopic (exact) mass is 470 g/mol. The van der Waals surface area contributed by atoms with E-state index in [1.165, 1.54) is 12.3 Å². The second kappa shape index (κ2) is 9.72. The van der Waals surface area contributed by atoms with E-state index in [2.05, 4.69) is 10.1 Å². The largest absolute Gasteiger partial charge is 0.477 e. The summed E-state index contributed by atoms with van der Waals surface area (Å²) in [5.41, 5.74) is 0.624. The third-order valence-electron chi connectivity index (χ3n) is 4.52. The molecule has 2 N–H and O–H groups in total. The number of nitrogens with one attached hydrogen (secondary N) is 1. The van der Waals surface area contributed by atoms with Crippen molar-refractivity contribution in [2.75, 3.05) is 6.54 Å². The van der Waals surface area contributed by atoms with Gasteiger partial charge in [0.25, 0.3) is 0 Å². The van der Waals surface area contributed by atoms with Gasteiger partial charge in [0.15, 0.2) is 5.76 Å². The van der Waals surface area contributed by atoms with Crippen LogP contribution in [0.2, 0.25) is 0 Å². The topological polar surface area (TPSA) is 190 Å². The maximum absolute atomic E-state index is 11.9. The van der Waals surface area contributed by atoms with Crippen molar-refractivity contribution in [1.29, 1.82) is 0 Å². The molecule has 1 aliphatic rings. The standard InChI is InChI=1S/C12H12N2O3.C8H6N4O5/c1-3-14-6-9(12(16)17)10(15)8-5-4-7(2)13-11(8)14;13-6-4-11(8(14)10-6)9-3-5-1-2-7(17-5)12(15)16/h4-6H,3H2,1-2H3,(H,16,17);1-3H,4H2,(H,10,13,14)/b;9-3+. The smallest absolute Gasteiger partial charge is 0.433 e. The van der Waals surface area contributed by atoms with E-state index in [1.807, 2.05) is 19.2 Å². The molecule has 0 atom stereocenters. The SMILES string of the molecule is CCn1cc(C(=O)O)c(=O)c2ccc(C)nc21.O=C1CN(/N=C/c2ccc([N+](=O)[O-])o2)C(=O)N1. The number of rotatable bonds is 5. The molecule has 3 aromatic heterocycles. The minimum atomic E-state index is -1.21. The van der Waals surface area contributed by atoms with Crippen LogP contribution in [0.5, 0.6) is 0 Å². The number of nitrogens with zero attached hydrogens (tertiary/aromatic N) is 5. The lowest BCUT2D eigenvalue weighted by Crippen LogP contribution is -2.24. The molecule has 0 aliphatic carbocycles. The molecule has 3 aromatic rings. The highest BCUT2D eigenvalue weighted by atomic mass is 16.6. The Morgan fingerprint density at radius 3 is 2.62 bits per heavy atom. The quantitative estimate of drug-likeness (QED) is 0.241. The molecule has 0 bridgehead atoms. The van der Waals surface area contributed by atoms with Crippen LogP contribution in [0.1, 0.15) is 28.7 Å². The highest BCUT2D eigenvalue weighted by Crippen LogP contribution is 2.14. The van der Waals surface area contributed by atoms with Gasteiger partial charge in [0.05, 0.1) is 17.7 Å². The van der Waals surface area contributed by atoms with Gasteiger partial charge < -0.3 is 14.1 Å². The van der Waals surface area contributed by atoms with Crippen LogP contribution in [0.3, 0.4) is 0 Å². The van der Waals surface area contributed by atoms with Gasteiger partial charge in [-0.3, -0.25) is 25.0 Å². The number of pyridine rings is 2. The number of aryl methyl sites for hydroxylation is 2. The van der Waals surface area contributed by atoms with E-state index in [4.69, 9.17) is 9.52 Å². The molecule has 176 valence electrons. The average molecular weight is 470 g/mol. The van der Waals surface area contributed by atoms with E-state index in [9.17, 15) is 29.3 Å². The minimum absolute atomic E-state index is 0.115. The number of urea groups is 1. The Kier molecular flexibility index (Phi) is 6.80. The van der Waals surface area contributed by atoms with Gasteiger partial charge in [0.2, 0.25) is 11.3 Å². The number of furan rings is 1. The Hall–Kier alpha value is -4.88. The normalized spacial score (nSPS) is 13.2. The molecular formula is C20H18N6O8. The Bertz CT molecular complexity index is 1390. The highest BCUT2D eigenvalue weighted by molar-refractivity contribution is 6.02. The van der Waals surface area contributed by atoms with E-state index in [1.54, 1.807) is 16.7 Å². The summed E-state index contributed by atoms with van der Waals surface area (Å²) in [5.74, 6) is -1.98. The number of fused-ring (bicyclic) bond motifs is 1. The fourth-order valence-electron chi connectivity index (χ4n) is 2.91. The third kappa shape index (κ3) is 5.12. The van der Waals surface area contributed by atoms with Crippen molar-refractivity contribution in [2.45, 2.75) is 20.4 Å². The van der Waals surface area contributed by atoms with Crippen LogP contribution in [0, 0.1) is 17.0 Å². The Labute approximate surface area is 190 Å². The molecule has 4 heterocycles. The number of aromatic carboxylic acids is 1. The maximum atomic E-state index is 11.9. The van der Waals surface area contributed by atoms with Crippen molar-refractivity contribution in [3.63, 3.8) is 0 Å². The summed E-state index contributed by atoms with van der Waals surface area (Å²) in [7, 11) is 0. The maximum Gasteiger partial charge on any atom is 0.433 e. The molecule has 14 nitrogen and oxygen atoms in total. The number of hydrogen-bond donors (Lipinski definition) is 2. The number of carbonyl (C=O) groups excluding carboxylic acids is 2. The van der Waals surface area contributed by atoms with Crippen LogP contribution in [-0.4, -0.2) is 55.3 Å². The van der Waals surface area contributed by atoms with Gasteiger partial charge in [-0.2, -0.15) is 5.10 Å². The molecule has 0 radical (unpaired) electrons. The third-order valence-corrected chi connectivity index (χ3v) is 4.52. The van der Waals surface area contributed by atoms with Crippen molar-refractivity contribution in [3.05, 3.63) is 67.8 Å². The van der Waals surface area contributed by atoms with Crippen molar-refractivity contribution >= 4 is 41.0 Å². The van der Waals surface area contributed by atoms with Gasteiger partial charge >= 0.3 is 17.9 Å². The van der Waals surface area contributed by atoms with E-state index < -0.39 is 34.1 Å². The van der Waals surface area contributed by atoms with Gasteiger partial charge in [0.1, 0.15) is 22.7 Å². The Balaban J connectivity index is 0.000000191. The first-order chi connectivity index (χ1) is 16.1. The van der Waals surface area contributed by atoms with Crippen molar-refractivity contribution in [3.8, 4) is 0 Å². The van der Waals surface area contributed by atoms with Crippen LogP contribution in [0.4, 0.5) is 10.7 Å². The molecule has 0 aromatic carbocycles. The molecule has 4 rings (SSSR count). The molecule has 0 unspecified atom stereocenters. The summed E-state index contributed by atoms with van der Waals surface area (Å²) in [6.45, 7) is 4.08. The van der Waals surface area contributed by atoms with Crippen LogP contribution in [-0.2, 0) is 11.3 Å². The Morgan fingerprint density at radius 2 is 2.06 bits per heavy atom. The molecule has 1 aliphatic heterocycles. The summed E-state index contributed by atoms with van der Waals surface area (Å²) in [4.78, 5) is 58.7. The second-order valence-corrected chi connectivity index (χ2v) is 6.88. The summed E-state index contributed by atoms with van der Waals surface area (Å²) in [6.07, 6.45) is 2.46. The number of hydrogen-bond acceptors (Lipinski definition) is 9. The summed E-state index contributed by atoms with van der Waals surface area (Å²) in [5, 5.41) is 26.2. The van der Waals surface area contributed by atoms with Gasteiger partial charge in [-0.15, -0.1) is 0 Å². The molecule has 34 heavy (non-hydrogen) atoms. The van der Waals surface area contributed by atoms with Crippen LogP contribution in [0.15, 0.2) is 44.8 Å². The van der Waals surface area contributed by atoms with Crippen molar-refractivity contribution < 1.29 is 28.8 Å². The first-order valence-electron chi connectivity index (χ1n) is 9.74. The molecule has 3 amide bonds. The number of amides is 3. The van der Waals surface area contributed by atoms with E-state index >= 15 is 0 Å². The minimum Gasteiger partial charge on any atom is -0.477 e. The zero-order chi connectivity index (χ0) is 25.0. The van der Waals surface area contributed by atoms with E-state index in [0.29, 0.717) is 17.6 Å². The van der Waals surface area contributed by atoms with Gasteiger partial charge in [-0.25, -0.2) is 19.6 Å². The number of aromatic nitrogens is 2. The number of carboxylic acid groups (broad SMARTS) is 1. The predicted molar refractivity (Wildman–Crippen MR) is 117 cm³/mol. The predicted octanol–water partition coefficient (Wildman–Crippen LogP) is 1.50.